The van der Waals surface area contributed by atoms with Crippen LogP contribution >= 0.6 is 11.8 Å². The van der Waals surface area contributed by atoms with Gasteiger partial charge in [0.15, 0.2) is 0 Å². The molecule has 0 aliphatic carbocycles. The smallest absolute Gasteiger partial charge is 0.226 e. The molecule has 2 aromatic carbocycles. The lowest BCUT2D eigenvalue weighted by Gasteiger charge is -2.32. The normalized spacial score (nSPS) is 18.5. The van der Waals surface area contributed by atoms with Gasteiger partial charge in [-0.1, -0.05) is 36.4 Å². The van der Waals surface area contributed by atoms with Crippen LogP contribution in [0.15, 0.2) is 54.7 Å². The molecule has 1 N–H and O–H groups in total. The second-order valence-corrected chi connectivity index (χ2v) is 9.25. The van der Waals surface area contributed by atoms with Crippen LogP contribution in [0.4, 0.5) is 5.69 Å². The van der Waals surface area contributed by atoms with Crippen molar-refractivity contribution in [3.05, 3.63) is 71.4 Å². The van der Waals surface area contributed by atoms with Gasteiger partial charge in [-0.3, -0.25) is 9.59 Å². The zero-order chi connectivity index (χ0) is 21.6. The second kappa shape index (κ2) is 10.2. The zero-order valence-electron chi connectivity index (χ0n) is 17.8. The molecule has 31 heavy (non-hydrogen) atoms. The summed E-state index contributed by atoms with van der Waals surface area (Å²) in [6.07, 6.45) is 6.11. The number of hydrogen-bond acceptors (Lipinski definition) is 4. The van der Waals surface area contributed by atoms with Crippen molar-refractivity contribution in [2.45, 2.75) is 43.2 Å². The Balaban J connectivity index is 1.40. The third-order valence-electron chi connectivity index (χ3n) is 5.71. The highest BCUT2D eigenvalue weighted by Crippen LogP contribution is 2.33. The molecule has 1 saturated heterocycles. The van der Waals surface area contributed by atoms with Crippen LogP contribution < -0.4 is 5.32 Å². The van der Waals surface area contributed by atoms with Crippen molar-refractivity contribution in [3.63, 3.8) is 0 Å². The van der Waals surface area contributed by atoms with Crippen LogP contribution in [0, 0.1) is 0 Å². The standard InChI is InChI=1S/C25H28N2O3S/c1-18(28)27-12-9-20-6-2-3-8-23(20)24(27)16-25(29)26-21-7-4-5-19(15-21)17-31-22-10-13-30-14-11-22/h2-9,12,15,22,24H,10-11,13-14,16-17H2,1H3,(H,26,29). The molecule has 6 heteroatoms. The van der Waals surface area contributed by atoms with E-state index < -0.39 is 0 Å². The largest absolute Gasteiger partial charge is 0.381 e. The molecular formula is C25H28N2O3S. The molecule has 5 nitrogen and oxygen atoms in total. The molecule has 0 spiro atoms. The molecule has 1 atom stereocenters. The molecule has 0 bridgehead atoms. The topological polar surface area (TPSA) is 58.6 Å². The number of nitrogens with zero attached hydrogens (tertiary/aromatic N) is 1. The maximum atomic E-state index is 12.9. The van der Waals surface area contributed by atoms with Crippen LogP contribution in [-0.4, -0.2) is 35.2 Å². The average Bonchev–Trinajstić information content (AvgIpc) is 2.78. The number of hydrogen-bond donors (Lipinski definition) is 1. The summed E-state index contributed by atoms with van der Waals surface area (Å²) in [7, 11) is 0. The molecule has 2 aromatic rings. The lowest BCUT2D eigenvalue weighted by Crippen LogP contribution is -2.33. The number of nitrogens with one attached hydrogen (secondary N) is 1. The molecule has 2 aliphatic rings. The van der Waals surface area contributed by atoms with Gasteiger partial charge in [-0.2, -0.15) is 11.8 Å². The van der Waals surface area contributed by atoms with Crippen molar-refractivity contribution in [2.24, 2.45) is 0 Å². The van der Waals surface area contributed by atoms with Crippen LogP contribution in [0.1, 0.15) is 48.9 Å². The summed E-state index contributed by atoms with van der Waals surface area (Å²) < 4.78 is 5.43. The van der Waals surface area contributed by atoms with Crippen LogP contribution in [0.5, 0.6) is 0 Å². The number of ether oxygens (including phenoxy) is 1. The predicted octanol–water partition coefficient (Wildman–Crippen LogP) is 5.00. The first-order valence-electron chi connectivity index (χ1n) is 10.7. The summed E-state index contributed by atoms with van der Waals surface area (Å²) in [6, 6.07) is 15.6. The highest BCUT2D eigenvalue weighted by Gasteiger charge is 2.28. The Bertz CT molecular complexity index is 969. The van der Waals surface area contributed by atoms with Crippen molar-refractivity contribution in [1.82, 2.24) is 4.90 Å². The van der Waals surface area contributed by atoms with Crippen LogP contribution in [-0.2, 0) is 20.1 Å². The van der Waals surface area contributed by atoms with Crippen molar-refractivity contribution in [3.8, 4) is 0 Å². The number of carbonyl (C=O) groups excluding carboxylic acids is 2. The molecule has 4 rings (SSSR count). The number of rotatable bonds is 6. The minimum absolute atomic E-state index is 0.0734. The first-order chi connectivity index (χ1) is 15.1. The Labute approximate surface area is 187 Å². The highest BCUT2D eigenvalue weighted by atomic mass is 32.2. The van der Waals surface area contributed by atoms with Crippen LogP contribution in [0.3, 0.4) is 0 Å². The second-order valence-electron chi connectivity index (χ2n) is 7.96. The summed E-state index contributed by atoms with van der Waals surface area (Å²) in [5.41, 5.74) is 4.04. The third-order valence-corrected chi connectivity index (χ3v) is 7.16. The fourth-order valence-electron chi connectivity index (χ4n) is 4.10. The first kappa shape index (κ1) is 21.7. The van der Waals surface area contributed by atoms with Crippen molar-refractivity contribution < 1.29 is 14.3 Å². The molecule has 0 saturated carbocycles. The molecule has 1 fully saturated rings. The maximum Gasteiger partial charge on any atom is 0.226 e. The number of amides is 2. The number of benzene rings is 2. The number of carbonyl (C=O) groups is 2. The van der Waals surface area contributed by atoms with Gasteiger partial charge in [-0.05, 0) is 47.7 Å². The first-order valence-corrected chi connectivity index (χ1v) is 11.8. The SMILES string of the molecule is CC(=O)N1C=Cc2ccccc2C1CC(=O)Nc1cccc(CSC2CCOCC2)c1. The Morgan fingerprint density at radius 2 is 1.94 bits per heavy atom. The molecule has 2 amide bonds. The minimum atomic E-state index is -0.300. The van der Waals surface area contributed by atoms with E-state index in [1.165, 1.54) is 12.5 Å². The van der Waals surface area contributed by atoms with Gasteiger partial charge in [0.1, 0.15) is 0 Å². The fourth-order valence-corrected chi connectivity index (χ4v) is 5.23. The quantitative estimate of drug-likeness (QED) is 0.692. The molecule has 0 aromatic heterocycles. The Kier molecular flexibility index (Phi) is 7.10. The summed E-state index contributed by atoms with van der Waals surface area (Å²) in [5.74, 6) is 0.749. The minimum Gasteiger partial charge on any atom is -0.381 e. The molecule has 162 valence electrons. The van der Waals surface area contributed by atoms with E-state index in [0.29, 0.717) is 5.25 Å². The average molecular weight is 437 g/mol. The van der Waals surface area contributed by atoms with Gasteiger partial charge in [0.25, 0.3) is 0 Å². The molecule has 2 heterocycles. The van der Waals surface area contributed by atoms with Gasteiger partial charge in [-0.25, -0.2) is 0 Å². The van der Waals surface area contributed by atoms with E-state index in [1.54, 1.807) is 11.1 Å². The van der Waals surface area contributed by atoms with Gasteiger partial charge in [0.2, 0.25) is 11.8 Å². The fraction of sp³-hybridized carbons (Fsp3) is 0.360. The summed E-state index contributed by atoms with van der Waals surface area (Å²) in [4.78, 5) is 26.7. The third kappa shape index (κ3) is 5.57. The Hall–Kier alpha value is -2.57. The van der Waals surface area contributed by atoms with E-state index in [1.807, 2.05) is 60.3 Å². The van der Waals surface area contributed by atoms with E-state index >= 15 is 0 Å². The summed E-state index contributed by atoms with van der Waals surface area (Å²) >= 11 is 1.96. The van der Waals surface area contributed by atoms with Gasteiger partial charge >= 0.3 is 0 Å². The van der Waals surface area contributed by atoms with E-state index in [2.05, 4.69) is 11.4 Å². The number of thioether (sulfide) groups is 1. The van der Waals surface area contributed by atoms with E-state index in [4.69, 9.17) is 4.74 Å². The summed E-state index contributed by atoms with van der Waals surface area (Å²) in [5, 5.41) is 3.67. The lowest BCUT2D eigenvalue weighted by molar-refractivity contribution is -0.129. The van der Waals surface area contributed by atoms with Gasteiger partial charge in [0.05, 0.1) is 12.5 Å². The Morgan fingerprint density at radius 1 is 1.13 bits per heavy atom. The molecular weight excluding hydrogens is 408 g/mol. The maximum absolute atomic E-state index is 12.9. The van der Waals surface area contributed by atoms with Crippen LogP contribution in [0.2, 0.25) is 0 Å². The molecule has 2 aliphatic heterocycles. The van der Waals surface area contributed by atoms with E-state index in [-0.39, 0.29) is 24.3 Å². The lowest BCUT2D eigenvalue weighted by atomic mass is 9.93. The summed E-state index contributed by atoms with van der Waals surface area (Å²) in [6.45, 7) is 3.23. The highest BCUT2D eigenvalue weighted by molar-refractivity contribution is 7.99. The van der Waals surface area contributed by atoms with Crippen molar-refractivity contribution in [1.29, 1.82) is 0 Å². The number of anilines is 1. The van der Waals surface area contributed by atoms with E-state index in [0.717, 1.165) is 48.6 Å². The van der Waals surface area contributed by atoms with Crippen molar-refractivity contribution in [2.75, 3.05) is 18.5 Å². The predicted molar refractivity (Wildman–Crippen MR) is 126 cm³/mol. The zero-order valence-corrected chi connectivity index (χ0v) is 18.6. The Morgan fingerprint density at radius 3 is 2.74 bits per heavy atom. The van der Waals surface area contributed by atoms with Gasteiger partial charge in [-0.15, -0.1) is 0 Å². The van der Waals surface area contributed by atoms with Gasteiger partial charge < -0.3 is 15.0 Å². The molecule has 1 unspecified atom stereocenters. The monoisotopic (exact) mass is 436 g/mol. The van der Waals surface area contributed by atoms with Gasteiger partial charge in [0, 0.05) is 43.0 Å². The van der Waals surface area contributed by atoms with E-state index in [9.17, 15) is 9.59 Å². The molecule has 0 radical (unpaired) electrons. The van der Waals surface area contributed by atoms with Crippen molar-refractivity contribution >= 4 is 35.3 Å². The number of fused-ring (bicyclic) bond motifs is 1. The van der Waals surface area contributed by atoms with Crippen LogP contribution in [0.25, 0.3) is 6.08 Å².